The molecule has 0 unspecified atom stereocenters. The molecule has 0 amide bonds. The summed E-state index contributed by atoms with van der Waals surface area (Å²) in [5.74, 6) is 0. The summed E-state index contributed by atoms with van der Waals surface area (Å²) in [7, 11) is 0. The van der Waals surface area contributed by atoms with E-state index < -0.39 is 0 Å². The summed E-state index contributed by atoms with van der Waals surface area (Å²) in [4.78, 5) is 26.8. The average molecular weight is 367 g/mol. The molecule has 138 valence electrons. The van der Waals surface area contributed by atoms with Crippen LogP contribution in [0.25, 0.3) is 38.1 Å². The number of rotatable bonds is 0. The van der Waals surface area contributed by atoms with Gasteiger partial charge in [0.15, 0.2) is 10.9 Å². The third kappa shape index (κ3) is 2.10. The van der Waals surface area contributed by atoms with Gasteiger partial charge in [-0.25, -0.2) is 0 Å². The molecule has 2 aromatic heterocycles. The molecule has 28 heavy (non-hydrogen) atoms. The highest BCUT2D eigenvalue weighted by Gasteiger charge is 2.22. The quantitative estimate of drug-likeness (QED) is 0.280. The van der Waals surface area contributed by atoms with Crippen LogP contribution in [0.4, 0.5) is 0 Å². The second kappa shape index (κ2) is 5.41. The van der Waals surface area contributed by atoms with Crippen molar-refractivity contribution in [2.45, 2.75) is 33.1 Å². The van der Waals surface area contributed by atoms with E-state index in [0.717, 1.165) is 27.7 Å². The zero-order valence-corrected chi connectivity index (χ0v) is 16.5. The van der Waals surface area contributed by atoms with Crippen molar-refractivity contribution < 1.29 is 0 Å². The smallest absolute Gasteiger partial charge is 0.197 e. The molecule has 0 bridgehead atoms. The van der Waals surface area contributed by atoms with Crippen LogP contribution in [-0.2, 0) is 5.41 Å². The van der Waals surface area contributed by atoms with Crippen LogP contribution in [0.2, 0.25) is 0 Å². The topological polar surface area (TPSA) is 38.5 Å². The first-order valence-corrected chi connectivity index (χ1v) is 9.56. The number of pyridine rings is 2. The van der Waals surface area contributed by atoms with Crippen LogP contribution in [0, 0.1) is 6.92 Å². The Hall–Kier alpha value is -3.20. The zero-order chi connectivity index (χ0) is 19.8. The zero-order valence-electron chi connectivity index (χ0n) is 16.5. The third-order valence-corrected chi connectivity index (χ3v) is 5.78. The average Bonchev–Trinajstić information content (AvgIpc) is 2.67. The summed E-state index contributed by atoms with van der Waals surface area (Å²) in [5.41, 5.74) is 4.27. The molecular weight excluding hydrogens is 346 g/mol. The number of benzene rings is 3. The fraction of sp³-hybridized carbons (Fsp3) is 0.200. The maximum absolute atomic E-state index is 13.5. The lowest BCUT2D eigenvalue weighted by Crippen LogP contribution is -2.18. The first-order chi connectivity index (χ1) is 13.3. The molecule has 0 aliphatic carbocycles. The number of para-hydroxylation sites is 2. The Balaban J connectivity index is 2.28. The molecule has 0 spiro atoms. The minimum Gasteiger partial charge on any atom is -0.307 e. The van der Waals surface area contributed by atoms with Crippen molar-refractivity contribution in [3.05, 3.63) is 86.2 Å². The molecule has 2 heterocycles. The van der Waals surface area contributed by atoms with Crippen molar-refractivity contribution in [3.8, 4) is 0 Å². The van der Waals surface area contributed by atoms with Crippen molar-refractivity contribution in [3.63, 3.8) is 0 Å². The molecule has 0 saturated carbocycles. The van der Waals surface area contributed by atoms with Crippen molar-refractivity contribution >= 4 is 38.1 Å². The van der Waals surface area contributed by atoms with E-state index in [9.17, 15) is 9.59 Å². The largest absolute Gasteiger partial charge is 0.307 e. The lowest BCUT2D eigenvalue weighted by Gasteiger charge is -2.22. The van der Waals surface area contributed by atoms with E-state index in [1.807, 2.05) is 61.5 Å². The molecule has 3 nitrogen and oxygen atoms in total. The van der Waals surface area contributed by atoms with Crippen LogP contribution in [0.1, 0.15) is 31.9 Å². The van der Waals surface area contributed by atoms with Gasteiger partial charge >= 0.3 is 0 Å². The van der Waals surface area contributed by atoms with Gasteiger partial charge in [-0.2, -0.15) is 0 Å². The number of fused-ring (bicyclic) bond motifs is 4. The molecule has 0 saturated heterocycles. The highest BCUT2D eigenvalue weighted by molar-refractivity contribution is 6.08. The van der Waals surface area contributed by atoms with Gasteiger partial charge in [0.25, 0.3) is 0 Å². The predicted octanol–water partition coefficient (Wildman–Crippen LogP) is 5.16. The van der Waals surface area contributed by atoms with Gasteiger partial charge in [0, 0.05) is 21.5 Å². The van der Waals surface area contributed by atoms with E-state index in [1.54, 1.807) is 0 Å². The Labute approximate surface area is 162 Å². The molecule has 0 aliphatic heterocycles. The van der Waals surface area contributed by atoms with E-state index >= 15 is 0 Å². The normalized spacial score (nSPS) is 12.6. The second-order valence-corrected chi connectivity index (χ2v) is 8.65. The van der Waals surface area contributed by atoms with Crippen LogP contribution >= 0.6 is 0 Å². The van der Waals surface area contributed by atoms with Crippen LogP contribution < -0.4 is 10.9 Å². The van der Waals surface area contributed by atoms with Gasteiger partial charge in [0.05, 0.1) is 16.6 Å². The Morgan fingerprint density at radius 1 is 0.714 bits per heavy atom. The number of hydrogen-bond acceptors (Lipinski definition) is 2. The standard InChI is InChI=1S/C25H21NO2/c1-14-8-7-10-17-21(14)26-20-11-6-5-9-16(20)23(27)18-12-15(25(2,3)4)13-19(22(18)26)24(17)28/h5-13H,1-4H3. The van der Waals surface area contributed by atoms with Crippen molar-refractivity contribution in [1.82, 2.24) is 4.40 Å². The lowest BCUT2D eigenvalue weighted by molar-refractivity contribution is 0.591. The molecule has 5 aromatic rings. The van der Waals surface area contributed by atoms with Crippen LogP contribution in [0.5, 0.6) is 0 Å². The summed E-state index contributed by atoms with van der Waals surface area (Å²) >= 11 is 0. The fourth-order valence-corrected chi connectivity index (χ4v) is 4.30. The van der Waals surface area contributed by atoms with Crippen LogP contribution in [0.3, 0.4) is 0 Å². The minimum absolute atomic E-state index is 0.00974. The highest BCUT2D eigenvalue weighted by Crippen LogP contribution is 2.32. The van der Waals surface area contributed by atoms with Gasteiger partial charge in [-0.1, -0.05) is 45.0 Å². The number of nitrogens with zero attached hydrogens (tertiary/aromatic N) is 1. The third-order valence-electron chi connectivity index (χ3n) is 5.78. The molecule has 3 heteroatoms. The van der Waals surface area contributed by atoms with Crippen LogP contribution in [-0.4, -0.2) is 4.40 Å². The highest BCUT2D eigenvalue weighted by atomic mass is 16.1. The van der Waals surface area contributed by atoms with Gasteiger partial charge in [-0.15, -0.1) is 0 Å². The Kier molecular flexibility index (Phi) is 3.28. The van der Waals surface area contributed by atoms with Gasteiger partial charge in [0.2, 0.25) is 0 Å². The molecule has 3 aromatic carbocycles. The lowest BCUT2D eigenvalue weighted by atomic mass is 9.85. The summed E-state index contributed by atoms with van der Waals surface area (Å²) in [6.45, 7) is 8.32. The monoisotopic (exact) mass is 367 g/mol. The molecule has 0 radical (unpaired) electrons. The number of aryl methyl sites for hydroxylation is 1. The predicted molar refractivity (Wildman–Crippen MR) is 117 cm³/mol. The maximum atomic E-state index is 13.5. The van der Waals surface area contributed by atoms with E-state index in [4.69, 9.17) is 0 Å². The summed E-state index contributed by atoms with van der Waals surface area (Å²) in [6, 6.07) is 17.4. The Morgan fingerprint density at radius 2 is 1.32 bits per heavy atom. The molecule has 0 atom stereocenters. The SMILES string of the molecule is Cc1cccc2c(=O)c3cc(C(C)(C)C)cc4c(=O)c5ccccc5n(c12)c43. The van der Waals surface area contributed by atoms with Crippen molar-refractivity contribution in [1.29, 1.82) is 0 Å². The first-order valence-electron chi connectivity index (χ1n) is 9.56. The summed E-state index contributed by atoms with van der Waals surface area (Å²) in [5, 5.41) is 2.59. The molecule has 0 aliphatic rings. The Morgan fingerprint density at radius 3 is 2.00 bits per heavy atom. The van der Waals surface area contributed by atoms with Crippen LogP contribution in [0.15, 0.2) is 64.2 Å². The fourth-order valence-electron chi connectivity index (χ4n) is 4.30. The summed E-state index contributed by atoms with van der Waals surface area (Å²) < 4.78 is 2.11. The second-order valence-electron chi connectivity index (χ2n) is 8.65. The molecule has 0 N–H and O–H groups in total. The van der Waals surface area contributed by atoms with Crippen molar-refractivity contribution in [2.75, 3.05) is 0 Å². The van der Waals surface area contributed by atoms with E-state index in [2.05, 4.69) is 25.2 Å². The van der Waals surface area contributed by atoms with Gasteiger partial charge in [0.1, 0.15) is 0 Å². The van der Waals surface area contributed by atoms with Gasteiger partial charge in [-0.3, -0.25) is 9.59 Å². The maximum Gasteiger partial charge on any atom is 0.197 e. The van der Waals surface area contributed by atoms with Gasteiger partial charge in [-0.05, 0) is 53.8 Å². The minimum atomic E-state index is -0.166. The first kappa shape index (κ1) is 16.9. The van der Waals surface area contributed by atoms with E-state index in [-0.39, 0.29) is 16.3 Å². The van der Waals surface area contributed by atoms with Gasteiger partial charge < -0.3 is 4.40 Å². The summed E-state index contributed by atoms with van der Waals surface area (Å²) in [6.07, 6.45) is 0. The van der Waals surface area contributed by atoms with Crippen molar-refractivity contribution in [2.24, 2.45) is 0 Å². The molecular formula is C25H21NO2. The number of aromatic nitrogens is 1. The van der Waals surface area contributed by atoms with E-state index in [0.29, 0.717) is 21.5 Å². The number of hydrogen-bond donors (Lipinski definition) is 0. The molecule has 0 fully saturated rings. The van der Waals surface area contributed by atoms with E-state index in [1.165, 1.54) is 0 Å². The molecule has 5 rings (SSSR count). The Bertz CT molecular complexity index is 1520.